The fourth-order valence-electron chi connectivity index (χ4n) is 3.18. The molecule has 0 heterocycles. The Morgan fingerprint density at radius 2 is 1.33 bits per heavy atom. The molecule has 0 aliphatic rings. The Morgan fingerprint density at radius 1 is 0.697 bits per heavy atom. The van der Waals surface area contributed by atoms with Gasteiger partial charge in [-0.15, -0.1) is 0 Å². The van der Waals surface area contributed by atoms with Gasteiger partial charge in [0.2, 0.25) is 0 Å². The predicted molar refractivity (Wildman–Crippen MR) is 129 cm³/mol. The van der Waals surface area contributed by atoms with Crippen LogP contribution in [0.5, 0.6) is 11.5 Å². The second-order valence-electron chi connectivity index (χ2n) is 7.61. The highest BCUT2D eigenvalue weighted by Crippen LogP contribution is 2.22. The normalized spacial score (nSPS) is 10.3. The van der Waals surface area contributed by atoms with Gasteiger partial charge < -0.3 is 9.47 Å². The molecule has 2 amide bonds. The molecule has 0 aromatic heterocycles. The number of hydrazine groups is 1. The van der Waals surface area contributed by atoms with Crippen molar-refractivity contribution in [1.82, 2.24) is 10.9 Å². The molecule has 6 heteroatoms. The standard InChI is InChI=1S/C27H30N2O4/c1-2-3-4-8-19-32-24-17-13-23(14-18-24)27(31)29-28-26(30)20-33-25-15-11-22(12-16-25)21-9-6-5-7-10-21/h5-7,9-18H,2-4,8,19-20H2,1H3,(H,28,30)(H,29,31). The molecule has 0 bridgehead atoms. The summed E-state index contributed by atoms with van der Waals surface area (Å²) in [6, 6.07) is 24.3. The van der Waals surface area contributed by atoms with Gasteiger partial charge in [-0.25, -0.2) is 0 Å². The third kappa shape index (κ3) is 8.00. The van der Waals surface area contributed by atoms with E-state index in [2.05, 4.69) is 17.8 Å². The minimum absolute atomic E-state index is 0.213. The molecule has 0 fully saturated rings. The van der Waals surface area contributed by atoms with Crippen LogP contribution in [0, 0.1) is 0 Å². The molecular weight excluding hydrogens is 416 g/mol. The first kappa shape index (κ1) is 23.9. The van der Waals surface area contributed by atoms with E-state index in [-0.39, 0.29) is 6.61 Å². The lowest BCUT2D eigenvalue weighted by Gasteiger charge is -2.10. The summed E-state index contributed by atoms with van der Waals surface area (Å²) in [6.07, 6.45) is 4.56. The molecule has 6 nitrogen and oxygen atoms in total. The Kier molecular flexibility index (Phi) is 9.33. The minimum atomic E-state index is -0.456. The highest BCUT2D eigenvalue weighted by molar-refractivity contribution is 5.95. The van der Waals surface area contributed by atoms with Crippen LogP contribution in [0.25, 0.3) is 11.1 Å². The van der Waals surface area contributed by atoms with E-state index in [1.54, 1.807) is 24.3 Å². The Labute approximate surface area is 194 Å². The van der Waals surface area contributed by atoms with Crippen LogP contribution in [0.2, 0.25) is 0 Å². The molecule has 0 spiro atoms. The van der Waals surface area contributed by atoms with E-state index < -0.39 is 11.8 Å². The maximum absolute atomic E-state index is 12.2. The molecule has 172 valence electrons. The van der Waals surface area contributed by atoms with Crippen LogP contribution in [0.4, 0.5) is 0 Å². The molecule has 0 saturated heterocycles. The second-order valence-corrected chi connectivity index (χ2v) is 7.61. The smallest absolute Gasteiger partial charge is 0.276 e. The number of nitrogens with one attached hydrogen (secondary N) is 2. The highest BCUT2D eigenvalue weighted by Gasteiger charge is 2.08. The number of carbonyl (C=O) groups excluding carboxylic acids is 2. The Balaban J connectivity index is 1.37. The molecule has 3 aromatic carbocycles. The van der Waals surface area contributed by atoms with Gasteiger partial charge in [0.05, 0.1) is 6.61 Å². The van der Waals surface area contributed by atoms with Crippen molar-refractivity contribution in [3.8, 4) is 22.6 Å². The average molecular weight is 447 g/mol. The lowest BCUT2D eigenvalue weighted by Crippen LogP contribution is -2.43. The maximum atomic E-state index is 12.2. The molecule has 0 unspecified atom stereocenters. The van der Waals surface area contributed by atoms with Gasteiger partial charge in [-0.1, -0.05) is 68.7 Å². The van der Waals surface area contributed by atoms with Gasteiger partial charge in [0.1, 0.15) is 11.5 Å². The molecule has 2 N–H and O–H groups in total. The second kappa shape index (κ2) is 12.9. The first-order valence-electron chi connectivity index (χ1n) is 11.3. The quantitative estimate of drug-likeness (QED) is 0.315. The van der Waals surface area contributed by atoms with Crippen molar-refractivity contribution in [1.29, 1.82) is 0 Å². The SMILES string of the molecule is CCCCCCOc1ccc(C(=O)NNC(=O)COc2ccc(-c3ccccc3)cc2)cc1. The predicted octanol–water partition coefficient (Wildman–Crippen LogP) is 5.15. The van der Waals surface area contributed by atoms with Crippen LogP contribution in [-0.2, 0) is 4.79 Å². The summed E-state index contributed by atoms with van der Waals surface area (Å²) in [4.78, 5) is 24.2. The van der Waals surface area contributed by atoms with Crippen molar-refractivity contribution >= 4 is 11.8 Å². The number of unbranched alkanes of at least 4 members (excludes halogenated alkanes) is 3. The van der Waals surface area contributed by atoms with E-state index in [1.165, 1.54) is 12.8 Å². The van der Waals surface area contributed by atoms with Crippen molar-refractivity contribution in [2.45, 2.75) is 32.6 Å². The summed E-state index contributed by atoms with van der Waals surface area (Å²) in [5.41, 5.74) is 7.35. The van der Waals surface area contributed by atoms with E-state index in [9.17, 15) is 9.59 Å². The van der Waals surface area contributed by atoms with Gasteiger partial charge in [-0.2, -0.15) is 0 Å². The summed E-state index contributed by atoms with van der Waals surface area (Å²) in [7, 11) is 0. The van der Waals surface area contributed by atoms with Crippen LogP contribution < -0.4 is 20.3 Å². The third-order valence-electron chi connectivity index (χ3n) is 5.03. The number of hydrogen-bond acceptors (Lipinski definition) is 4. The summed E-state index contributed by atoms with van der Waals surface area (Å²) < 4.78 is 11.2. The topological polar surface area (TPSA) is 76.7 Å². The summed E-state index contributed by atoms with van der Waals surface area (Å²) in [5.74, 6) is 0.424. The van der Waals surface area contributed by atoms with Gasteiger partial charge in [-0.3, -0.25) is 20.4 Å². The van der Waals surface area contributed by atoms with Crippen LogP contribution in [0.1, 0.15) is 43.0 Å². The molecule has 0 atom stereocenters. The van der Waals surface area contributed by atoms with Gasteiger partial charge in [0.15, 0.2) is 6.61 Å². The first-order chi connectivity index (χ1) is 16.2. The lowest BCUT2D eigenvalue weighted by molar-refractivity contribution is -0.123. The third-order valence-corrected chi connectivity index (χ3v) is 5.03. The van der Waals surface area contributed by atoms with Crippen molar-refractivity contribution in [3.05, 3.63) is 84.4 Å². The maximum Gasteiger partial charge on any atom is 0.276 e. The number of hydrogen-bond donors (Lipinski definition) is 2. The van der Waals surface area contributed by atoms with Gasteiger partial charge in [-0.05, 0) is 53.9 Å². The van der Waals surface area contributed by atoms with Crippen molar-refractivity contribution in [2.75, 3.05) is 13.2 Å². The number of rotatable bonds is 11. The van der Waals surface area contributed by atoms with Gasteiger partial charge in [0, 0.05) is 5.56 Å². The molecule has 0 saturated carbocycles. The fourth-order valence-corrected chi connectivity index (χ4v) is 3.18. The van der Waals surface area contributed by atoms with Crippen LogP contribution in [-0.4, -0.2) is 25.0 Å². The zero-order chi connectivity index (χ0) is 23.3. The highest BCUT2D eigenvalue weighted by atomic mass is 16.5. The van der Waals surface area contributed by atoms with Gasteiger partial charge >= 0.3 is 0 Å². The summed E-state index contributed by atoms with van der Waals surface area (Å²) >= 11 is 0. The van der Waals surface area contributed by atoms with E-state index in [4.69, 9.17) is 9.47 Å². The Bertz CT molecular complexity index is 1000. The molecular formula is C27H30N2O4. The fraction of sp³-hybridized carbons (Fsp3) is 0.259. The molecule has 3 aromatic rings. The number of amides is 2. The number of ether oxygens (including phenoxy) is 2. The van der Waals surface area contributed by atoms with Gasteiger partial charge in [0.25, 0.3) is 11.8 Å². The molecule has 3 rings (SSSR count). The van der Waals surface area contributed by atoms with E-state index in [1.807, 2.05) is 54.6 Å². The number of benzene rings is 3. The summed E-state index contributed by atoms with van der Waals surface area (Å²) in [5, 5.41) is 0. The van der Waals surface area contributed by atoms with E-state index in [0.717, 1.165) is 29.7 Å². The van der Waals surface area contributed by atoms with Crippen LogP contribution in [0.3, 0.4) is 0 Å². The van der Waals surface area contributed by atoms with Crippen molar-refractivity contribution in [2.24, 2.45) is 0 Å². The largest absolute Gasteiger partial charge is 0.494 e. The zero-order valence-electron chi connectivity index (χ0n) is 18.9. The van der Waals surface area contributed by atoms with Crippen LogP contribution >= 0.6 is 0 Å². The Hall–Kier alpha value is -3.80. The molecule has 0 aliphatic heterocycles. The van der Waals surface area contributed by atoms with Crippen molar-refractivity contribution < 1.29 is 19.1 Å². The minimum Gasteiger partial charge on any atom is -0.494 e. The monoisotopic (exact) mass is 446 g/mol. The van der Waals surface area contributed by atoms with E-state index >= 15 is 0 Å². The summed E-state index contributed by atoms with van der Waals surface area (Å²) in [6.45, 7) is 2.62. The Morgan fingerprint density at radius 3 is 2.03 bits per heavy atom. The first-order valence-corrected chi connectivity index (χ1v) is 11.3. The van der Waals surface area contributed by atoms with Crippen LogP contribution in [0.15, 0.2) is 78.9 Å². The molecule has 0 aliphatic carbocycles. The zero-order valence-corrected chi connectivity index (χ0v) is 18.9. The van der Waals surface area contributed by atoms with Crippen molar-refractivity contribution in [3.63, 3.8) is 0 Å². The lowest BCUT2D eigenvalue weighted by atomic mass is 10.1. The molecule has 0 radical (unpaired) electrons. The van der Waals surface area contributed by atoms with E-state index in [0.29, 0.717) is 17.9 Å². The number of carbonyl (C=O) groups is 2. The average Bonchev–Trinajstić information content (AvgIpc) is 2.87. The molecule has 33 heavy (non-hydrogen) atoms.